The Hall–Kier alpha value is -2.00. The number of benzene rings is 1. The Kier molecular flexibility index (Phi) is 5.17. The third-order valence-corrected chi connectivity index (χ3v) is 3.04. The number of ether oxygens (including phenoxy) is 1. The maximum absolute atomic E-state index is 13.4. The van der Waals surface area contributed by atoms with Gasteiger partial charge in [-0.15, -0.1) is 0 Å². The maximum atomic E-state index is 13.4. The highest BCUT2D eigenvalue weighted by atomic mass is 32.2. The molecule has 0 saturated heterocycles. The summed E-state index contributed by atoms with van der Waals surface area (Å²) in [6.07, 6.45) is 0. The number of carbonyl (C=O) groups is 2. The van der Waals surface area contributed by atoms with Crippen molar-refractivity contribution in [3.8, 4) is 0 Å². The van der Waals surface area contributed by atoms with Crippen LogP contribution in [-0.4, -0.2) is 43.8 Å². The fraction of sp³-hybridized carbons (Fsp3) is 0.273. The number of hydrogen-bond donors (Lipinski definition) is 2. The molecule has 0 saturated carbocycles. The van der Waals surface area contributed by atoms with Gasteiger partial charge < -0.3 is 10.1 Å². The molecule has 1 atom stereocenters. The van der Waals surface area contributed by atoms with E-state index in [0.29, 0.717) is 0 Å². The molecular weight excluding hydrogens is 293 g/mol. The number of nitrogens with one attached hydrogen (secondary N) is 1. The largest absolute Gasteiger partial charge is 0.467 e. The van der Waals surface area contributed by atoms with E-state index in [4.69, 9.17) is 4.55 Å². The van der Waals surface area contributed by atoms with Gasteiger partial charge >= 0.3 is 5.97 Å². The summed E-state index contributed by atoms with van der Waals surface area (Å²) in [5, 5.41) is 1.99. The minimum atomic E-state index is -4.53. The molecule has 7 nitrogen and oxygen atoms in total. The van der Waals surface area contributed by atoms with Crippen LogP contribution in [0.4, 0.5) is 4.39 Å². The number of halogens is 1. The van der Waals surface area contributed by atoms with E-state index in [-0.39, 0.29) is 5.56 Å². The molecule has 0 spiro atoms. The van der Waals surface area contributed by atoms with Gasteiger partial charge in [0.2, 0.25) is 0 Å². The fourth-order valence-corrected chi connectivity index (χ4v) is 2.04. The lowest BCUT2D eigenvalue weighted by molar-refractivity contribution is -0.142. The molecule has 0 heterocycles. The number of rotatable bonds is 5. The zero-order valence-electron chi connectivity index (χ0n) is 10.4. The van der Waals surface area contributed by atoms with E-state index in [0.717, 1.165) is 19.2 Å². The summed E-state index contributed by atoms with van der Waals surface area (Å²) in [5.74, 6) is -3.98. The van der Waals surface area contributed by atoms with Crippen molar-refractivity contribution in [2.45, 2.75) is 6.04 Å². The first kappa shape index (κ1) is 16.1. The molecule has 1 amide bonds. The molecule has 20 heavy (non-hydrogen) atoms. The zero-order valence-corrected chi connectivity index (χ0v) is 11.2. The van der Waals surface area contributed by atoms with Crippen LogP contribution in [0.5, 0.6) is 0 Å². The predicted octanol–water partition coefficient (Wildman–Crippen LogP) is -0.0151. The maximum Gasteiger partial charge on any atom is 0.329 e. The second-order valence-corrected chi connectivity index (χ2v) is 5.27. The van der Waals surface area contributed by atoms with Gasteiger partial charge in [-0.1, -0.05) is 12.1 Å². The molecule has 1 aromatic rings. The van der Waals surface area contributed by atoms with Crippen molar-refractivity contribution in [3.63, 3.8) is 0 Å². The normalized spacial score (nSPS) is 12.6. The van der Waals surface area contributed by atoms with Crippen LogP contribution in [0.2, 0.25) is 0 Å². The van der Waals surface area contributed by atoms with Crippen molar-refractivity contribution in [2.24, 2.45) is 0 Å². The van der Waals surface area contributed by atoms with Crippen molar-refractivity contribution in [1.29, 1.82) is 0 Å². The number of hydrogen-bond acceptors (Lipinski definition) is 5. The van der Waals surface area contributed by atoms with E-state index < -0.39 is 39.6 Å². The van der Waals surface area contributed by atoms with Crippen LogP contribution >= 0.6 is 0 Å². The molecular formula is C11H12FNO6S. The summed E-state index contributed by atoms with van der Waals surface area (Å²) in [5.41, 5.74) is -0.364. The Morgan fingerprint density at radius 1 is 1.40 bits per heavy atom. The first-order chi connectivity index (χ1) is 9.24. The molecule has 0 radical (unpaired) electrons. The van der Waals surface area contributed by atoms with Crippen LogP contribution in [0.3, 0.4) is 0 Å². The second-order valence-electron chi connectivity index (χ2n) is 3.78. The van der Waals surface area contributed by atoms with Gasteiger partial charge in [-0.2, -0.15) is 8.42 Å². The summed E-state index contributed by atoms with van der Waals surface area (Å²) in [4.78, 5) is 23.1. The standard InChI is InChI=1S/C11H12FNO6S/c1-19-11(15)9(6-20(16,17)18)13-10(14)7-4-2-3-5-8(7)12/h2-5,9H,6H2,1H3,(H,13,14)(H,16,17,18)/t9-/m0/s1. The Balaban J connectivity index is 2.93. The van der Waals surface area contributed by atoms with Crippen molar-refractivity contribution in [3.05, 3.63) is 35.6 Å². The molecule has 1 aromatic carbocycles. The zero-order chi connectivity index (χ0) is 15.3. The van der Waals surface area contributed by atoms with Crippen LogP contribution in [0, 0.1) is 5.82 Å². The van der Waals surface area contributed by atoms with E-state index in [1.165, 1.54) is 12.1 Å². The average Bonchev–Trinajstić information content (AvgIpc) is 2.35. The van der Waals surface area contributed by atoms with Crippen LogP contribution in [0.25, 0.3) is 0 Å². The molecule has 0 aliphatic heterocycles. The summed E-state index contributed by atoms with van der Waals surface area (Å²) < 4.78 is 47.9. The van der Waals surface area contributed by atoms with Gasteiger partial charge in [0.25, 0.3) is 16.0 Å². The van der Waals surface area contributed by atoms with Crippen molar-refractivity contribution in [1.82, 2.24) is 5.32 Å². The molecule has 0 aliphatic carbocycles. The lowest BCUT2D eigenvalue weighted by Gasteiger charge is -2.15. The Labute approximate surface area is 114 Å². The minimum Gasteiger partial charge on any atom is -0.467 e. The van der Waals surface area contributed by atoms with Crippen molar-refractivity contribution >= 4 is 22.0 Å². The molecule has 1 rings (SSSR count). The average molecular weight is 305 g/mol. The number of amides is 1. The summed E-state index contributed by atoms with van der Waals surface area (Å²) in [7, 11) is -3.54. The summed E-state index contributed by atoms with van der Waals surface area (Å²) >= 11 is 0. The predicted molar refractivity (Wildman–Crippen MR) is 66.1 cm³/mol. The lowest BCUT2D eigenvalue weighted by atomic mass is 10.2. The van der Waals surface area contributed by atoms with Crippen molar-refractivity contribution < 1.29 is 31.7 Å². The lowest BCUT2D eigenvalue weighted by Crippen LogP contribution is -2.46. The first-order valence-electron chi connectivity index (χ1n) is 5.33. The van der Waals surface area contributed by atoms with E-state index in [1.807, 2.05) is 5.32 Å². The SMILES string of the molecule is COC(=O)[C@H](CS(=O)(=O)O)NC(=O)c1ccccc1F. The van der Waals surface area contributed by atoms with Gasteiger partial charge in [-0.25, -0.2) is 9.18 Å². The molecule has 0 bridgehead atoms. The fourth-order valence-electron chi connectivity index (χ4n) is 1.40. The quantitative estimate of drug-likeness (QED) is 0.584. The van der Waals surface area contributed by atoms with E-state index in [9.17, 15) is 22.4 Å². The molecule has 0 fully saturated rings. The van der Waals surface area contributed by atoms with Crippen molar-refractivity contribution in [2.75, 3.05) is 12.9 Å². The topological polar surface area (TPSA) is 110 Å². The smallest absolute Gasteiger partial charge is 0.329 e. The molecule has 9 heteroatoms. The first-order valence-corrected chi connectivity index (χ1v) is 6.94. The number of carbonyl (C=O) groups excluding carboxylic acids is 2. The monoisotopic (exact) mass is 305 g/mol. The highest BCUT2D eigenvalue weighted by molar-refractivity contribution is 7.85. The summed E-state index contributed by atoms with van der Waals surface area (Å²) in [6, 6.07) is 3.31. The van der Waals surface area contributed by atoms with E-state index >= 15 is 0 Å². The van der Waals surface area contributed by atoms with Gasteiger partial charge in [0.15, 0.2) is 0 Å². The number of esters is 1. The molecule has 2 N–H and O–H groups in total. The van der Waals surface area contributed by atoms with Crippen LogP contribution in [-0.2, 0) is 19.6 Å². The Morgan fingerprint density at radius 3 is 2.50 bits per heavy atom. The number of methoxy groups -OCH3 is 1. The van der Waals surface area contributed by atoms with Gasteiger partial charge in [0.05, 0.1) is 12.7 Å². The van der Waals surface area contributed by atoms with Crippen LogP contribution in [0.1, 0.15) is 10.4 Å². The molecule has 0 aromatic heterocycles. The molecule has 0 aliphatic rings. The van der Waals surface area contributed by atoms with Gasteiger partial charge in [-0.05, 0) is 12.1 Å². The third-order valence-electron chi connectivity index (χ3n) is 2.29. The van der Waals surface area contributed by atoms with E-state index in [2.05, 4.69) is 4.74 Å². The highest BCUT2D eigenvalue weighted by Gasteiger charge is 2.28. The second kappa shape index (κ2) is 6.44. The third kappa shape index (κ3) is 4.59. The van der Waals surface area contributed by atoms with Crippen LogP contribution < -0.4 is 5.32 Å². The molecule has 110 valence electrons. The van der Waals surface area contributed by atoms with E-state index in [1.54, 1.807) is 0 Å². The minimum absolute atomic E-state index is 0.364. The van der Waals surface area contributed by atoms with Gasteiger partial charge in [0, 0.05) is 0 Å². The molecule has 0 unspecified atom stereocenters. The Morgan fingerprint density at radius 2 is 2.00 bits per heavy atom. The Bertz CT molecular complexity index is 615. The highest BCUT2D eigenvalue weighted by Crippen LogP contribution is 2.07. The summed E-state index contributed by atoms with van der Waals surface area (Å²) in [6.45, 7) is 0. The van der Waals surface area contributed by atoms with Crippen LogP contribution in [0.15, 0.2) is 24.3 Å². The van der Waals surface area contributed by atoms with Gasteiger partial charge in [0.1, 0.15) is 17.6 Å². The van der Waals surface area contributed by atoms with Gasteiger partial charge in [-0.3, -0.25) is 9.35 Å².